The van der Waals surface area contributed by atoms with Gasteiger partial charge in [0.1, 0.15) is 12.4 Å². The van der Waals surface area contributed by atoms with Gasteiger partial charge in [-0.25, -0.2) is 0 Å². The molecule has 2 aliphatic heterocycles. The van der Waals surface area contributed by atoms with Crippen LogP contribution in [0.3, 0.4) is 0 Å². The Morgan fingerprint density at radius 2 is 2.22 bits per heavy atom. The second kappa shape index (κ2) is 4.82. The molecule has 3 rings (SSSR count). The predicted molar refractivity (Wildman–Crippen MR) is 69.3 cm³/mol. The van der Waals surface area contributed by atoms with Crippen molar-refractivity contribution >= 4 is 12.0 Å². The summed E-state index contributed by atoms with van der Waals surface area (Å²) in [6.07, 6.45) is 1.91. The van der Waals surface area contributed by atoms with Crippen LogP contribution in [0.25, 0.3) is 6.08 Å². The second-order valence-corrected chi connectivity index (χ2v) is 4.73. The maximum atomic E-state index is 12.0. The number of para-hydroxylation sites is 1. The molecule has 94 valence electrons. The van der Waals surface area contributed by atoms with E-state index in [0.717, 1.165) is 30.9 Å². The highest BCUT2D eigenvalue weighted by Gasteiger charge is 2.20. The Kier molecular flexibility index (Phi) is 3.02. The van der Waals surface area contributed by atoms with E-state index < -0.39 is 0 Å². The fourth-order valence-electron chi connectivity index (χ4n) is 2.09. The van der Waals surface area contributed by atoms with E-state index in [1.165, 1.54) is 0 Å². The summed E-state index contributed by atoms with van der Waals surface area (Å²) in [4.78, 5) is 12.0. The molecule has 1 amide bonds. The van der Waals surface area contributed by atoms with Gasteiger partial charge < -0.3 is 15.4 Å². The number of hydrogen-bond acceptors (Lipinski definition) is 3. The smallest absolute Gasteiger partial charge is 0.250 e. The molecule has 0 aliphatic carbocycles. The Labute approximate surface area is 106 Å². The van der Waals surface area contributed by atoms with Crippen molar-refractivity contribution in [2.45, 2.75) is 0 Å². The molecule has 1 aromatic rings. The van der Waals surface area contributed by atoms with Crippen LogP contribution in [0.15, 0.2) is 29.8 Å². The predicted octanol–water partition coefficient (Wildman–Crippen LogP) is 0.798. The first-order chi connectivity index (χ1) is 8.83. The van der Waals surface area contributed by atoms with E-state index in [-0.39, 0.29) is 5.91 Å². The lowest BCUT2D eigenvalue weighted by atomic mass is 10.0. The third-order valence-electron chi connectivity index (χ3n) is 3.34. The third-order valence-corrected chi connectivity index (χ3v) is 3.34. The monoisotopic (exact) mass is 244 g/mol. The number of carbonyl (C=O) groups excluding carboxylic acids is 1. The highest BCUT2D eigenvalue weighted by atomic mass is 16.5. The van der Waals surface area contributed by atoms with Gasteiger partial charge in [0, 0.05) is 31.1 Å². The normalized spacial score (nSPS) is 18.1. The minimum absolute atomic E-state index is 0.0172. The molecule has 18 heavy (non-hydrogen) atoms. The summed E-state index contributed by atoms with van der Waals surface area (Å²) in [5.41, 5.74) is 1.67. The lowest BCUT2D eigenvalue weighted by Gasteiger charge is -2.27. The molecule has 4 nitrogen and oxygen atoms in total. The maximum Gasteiger partial charge on any atom is 0.250 e. The van der Waals surface area contributed by atoms with Crippen LogP contribution < -0.4 is 15.4 Å². The number of ether oxygens (including phenoxy) is 1. The van der Waals surface area contributed by atoms with Gasteiger partial charge in [0.15, 0.2) is 0 Å². The molecule has 2 N–H and O–H groups in total. The average molecular weight is 244 g/mol. The molecule has 1 fully saturated rings. The number of rotatable bonds is 3. The van der Waals surface area contributed by atoms with Gasteiger partial charge in [-0.1, -0.05) is 18.2 Å². The second-order valence-electron chi connectivity index (χ2n) is 4.73. The number of benzene rings is 1. The Morgan fingerprint density at radius 1 is 1.39 bits per heavy atom. The van der Waals surface area contributed by atoms with Crippen LogP contribution >= 0.6 is 0 Å². The molecule has 0 aromatic heterocycles. The number of nitrogens with one attached hydrogen (secondary N) is 2. The molecule has 2 aliphatic rings. The van der Waals surface area contributed by atoms with Crippen molar-refractivity contribution in [1.29, 1.82) is 0 Å². The zero-order chi connectivity index (χ0) is 12.4. The first-order valence-electron chi connectivity index (χ1n) is 6.24. The van der Waals surface area contributed by atoms with E-state index in [1.807, 2.05) is 30.3 Å². The fourth-order valence-corrected chi connectivity index (χ4v) is 2.09. The van der Waals surface area contributed by atoms with E-state index in [4.69, 9.17) is 4.74 Å². The molecule has 0 bridgehead atoms. The van der Waals surface area contributed by atoms with E-state index in [1.54, 1.807) is 0 Å². The average Bonchev–Trinajstić information content (AvgIpc) is 2.36. The quantitative estimate of drug-likeness (QED) is 0.827. The molecule has 0 unspecified atom stereocenters. The minimum Gasteiger partial charge on any atom is -0.488 e. The lowest BCUT2D eigenvalue weighted by molar-refractivity contribution is -0.118. The van der Waals surface area contributed by atoms with Crippen molar-refractivity contribution in [2.75, 3.05) is 26.2 Å². The Bertz CT molecular complexity index is 492. The van der Waals surface area contributed by atoms with Crippen molar-refractivity contribution in [1.82, 2.24) is 10.6 Å². The number of fused-ring (bicyclic) bond motifs is 1. The first-order valence-corrected chi connectivity index (χ1v) is 6.24. The summed E-state index contributed by atoms with van der Waals surface area (Å²) in [7, 11) is 0. The topological polar surface area (TPSA) is 50.4 Å². The van der Waals surface area contributed by atoms with E-state index in [9.17, 15) is 4.79 Å². The number of carbonyl (C=O) groups is 1. The van der Waals surface area contributed by atoms with E-state index in [0.29, 0.717) is 18.1 Å². The third kappa shape index (κ3) is 2.24. The molecule has 0 radical (unpaired) electrons. The van der Waals surface area contributed by atoms with Crippen molar-refractivity contribution < 1.29 is 9.53 Å². The first kappa shape index (κ1) is 11.3. The van der Waals surface area contributed by atoms with Crippen LogP contribution in [0.4, 0.5) is 0 Å². The standard InChI is InChI=1S/C14H16N2O2/c17-14(16-8-10-6-15-7-10)12-5-11-3-1-2-4-13(11)18-9-12/h1-5,10,15H,6-9H2,(H,16,17). The highest BCUT2D eigenvalue weighted by molar-refractivity contribution is 5.99. The van der Waals surface area contributed by atoms with Crippen LogP contribution in [-0.4, -0.2) is 32.1 Å². The fraction of sp³-hybridized carbons (Fsp3) is 0.357. The van der Waals surface area contributed by atoms with Gasteiger partial charge in [-0.05, 0) is 12.1 Å². The number of hydrogen-bond donors (Lipinski definition) is 2. The molecule has 0 spiro atoms. The summed E-state index contributed by atoms with van der Waals surface area (Å²) < 4.78 is 5.56. The number of amides is 1. The summed E-state index contributed by atoms with van der Waals surface area (Å²) in [5.74, 6) is 1.40. The van der Waals surface area contributed by atoms with Crippen LogP contribution in [-0.2, 0) is 4.79 Å². The summed E-state index contributed by atoms with van der Waals surface area (Å²) in [5, 5.41) is 6.14. The summed E-state index contributed by atoms with van der Waals surface area (Å²) >= 11 is 0. The van der Waals surface area contributed by atoms with Gasteiger partial charge in [-0.15, -0.1) is 0 Å². The Balaban J connectivity index is 1.65. The van der Waals surface area contributed by atoms with Crippen molar-refractivity contribution in [2.24, 2.45) is 5.92 Å². The molecule has 0 atom stereocenters. The Hall–Kier alpha value is -1.81. The van der Waals surface area contributed by atoms with Crippen LogP contribution in [0.2, 0.25) is 0 Å². The zero-order valence-electron chi connectivity index (χ0n) is 10.1. The summed E-state index contributed by atoms with van der Waals surface area (Å²) in [6, 6.07) is 7.75. The van der Waals surface area contributed by atoms with Gasteiger partial charge in [-0.2, -0.15) is 0 Å². The molecule has 4 heteroatoms. The van der Waals surface area contributed by atoms with E-state index >= 15 is 0 Å². The molecular formula is C14H16N2O2. The van der Waals surface area contributed by atoms with Gasteiger partial charge in [0.2, 0.25) is 0 Å². The maximum absolute atomic E-state index is 12.0. The van der Waals surface area contributed by atoms with Gasteiger partial charge in [0.25, 0.3) is 5.91 Å². The molecule has 0 saturated carbocycles. The van der Waals surface area contributed by atoms with Crippen LogP contribution in [0, 0.1) is 5.92 Å². The molecule has 1 saturated heterocycles. The van der Waals surface area contributed by atoms with Gasteiger partial charge in [-0.3, -0.25) is 4.79 Å². The van der Waals surface area contributed by atoms with Crippen molar-refractivity contribution in [3.05, 3.63) is 35.4 Å². The highest BCUT2D eigenvalue weighted by Crippen LogP contribution is 2.25. The largest absolute Gasteiger partial charge is 0.488 e. The van der Waals surface area contributed by atoms with Gasteiger partial charge >= 0.3 is 0 Å². The minimum atomic E-state index is -0.0172. The molecule has 1 aromatic carbocycles. The van der Waals surface area contributed by atoms with E-state index in [2.05, 4.69) is 10.6 Å². The molecular weight excluding hydrogens is 228 g/mol. The zero-order valence-corrected chi connectivity index (χ0v) is 10.1. The van der Waals surface area contributed by atoms with Crippen LogP contribution in [0.1, 0.15) is 5.56 Å². The SMILES string of the molecule is O=C(NCC1CNC1)C1=Cc2ccccc2OC1. The van der Waals surface area contributed by atoms with Crippen LogP contribution in [0.5, 0.6) is 5.75 Å². The van der Waals surface area contributed by atoms with Crippen molar-refractivity contribution in [3.8, 4) is 5.75 Å². The van der Waals surface area contributed by atoms with Gasteiger partial charge in [0.05, 0.1) is 5.57 Å². The molecule has 2 heterocycles. The van der Waals surface area contributed by atoms with Crippen molar-refractivity contribution in [3.63, 3.8) is 0 Å². The summed E-state index contributed by atoms with van der Waals surface area (Å²) in [6.45, 7) is 3.09. The Morgan fingerprint density at radius 3 is 3.00 bits per heavy atom. The lowest BCUT2D eigenvalue weighted by Crippen LogP contribution is -2.48.